The van der Waals surface area contributed by atoms with Crippen LogP contribution in [0.2, 0.25) is 0 Å². The Balaban J connectivity index is 1.35. The second kappa shape index (κ2) is 9.18. The molecule has 1 aliphatic rings. The third-order valence-electron chi connectivity index (χ3n) is 5.06. The van der Waals surface area contributed by atoms with E-state index in [1.54, 1.807) is 6.92 Å². The lowest BCUT2D eigenvalue weighted by Crippen LogP contribution is -2.35. The van der Waals surface area contributed by atoms with Crippen LogP contribution in [0.3, 0.4) is 0 Å². The number of hydrogen-bond acceptors (Lipinski definition) is 4. The topological polar surface area (TPSA) is 55.4 Å². The van der Waals surface area contributed by atoms with Crippen LogP contribution >= 0.6 is 11.8 Å². The van der Waals surface area contributed by atoms with Crippen LogP contribution in [0, 0.1) is 0 Å². The molecule has 0 spiro atoms. The number of amides is 1. The molecule has 0 aromatic heterocycles. The van der Waals surface area contributed by atoms with Crippen molar-refractivity contribution in [2.45, 2.75) is 24.3 Å². The van der Waals surface area contributed by atoms with Crippen molar-refractivity contribution in [3.05, 3.63) is 83.9 Å². The quantitative estimate of drug-likeness (QED) is 0.444. The van der Waals surface area contributed by atoms with Crippen molar-refractivity contribution in [2.24, 2.45) is 0 Å². The van der Waals surface area contributed by atoms with Crippen molar-refractivity contribution in [2.75, 3.05) is 12.3 Å². The number of carbonyl (C=O) groups is 2. The monoisotopic (exact) mass is 417 g/mol. The summed E-state index contributed by atoms with van der Waals surface area (Å²) in [6, 6.07) is 23.6. The molecule has 0 saturated carbocycles. The van der Waals surface area contributed by atoms with E-state index in [-0.39, 0.29) is 17.8 Å². The summed E-state index contributed by atoms with van der Waals surface area (Å²) < 4.78 is 6.00. The fourth-order valence-electron chi connectivity index (χ4n) is 3.59. The first-order valence-corrected chi connectivity index (χ1v) is 10.9. The van der Waals surface area contributed by atoms with Gasteiger partial charge in [0.05, 0.1) is 12.3 Å². The summed E-state index contributed by atoms with van der Waals surface area (Å²) in [5.74, 6) is 1.28. The van der Waals surface area contributed by atoms with Crippen LogP contribution in [0.5, 0.6) is 5.75 Å². The molecule has 0 bridgehead atoms. The number of carbonyl (C=O) groups excluding carboxylic acids is 2. The van der Waals surface area contributed by atoms with Crippen molar-refractivity contribution in [3.8, 4) is 16.9 Å². The van der Waals surface area contributed by atoms with Gasteiger partial charge in [0.15, 0.2) is 5.78 Å². The molecular formula is C25H23NO3S. The molecule has 0 fully saturated rings. The van der Waals surface area contributed by atoms with Crippen LogP contribution in [-0.4, -0.2) is 30.1 Å². The Kier molecular flexibility index (Phi) is 6.19. The number of rotatable bonds is 7. The Morgan fingerprint density at radius 2 is 1.80 bits per heavy atom. The fraction of sp³-hybridized carbons (Fsp3) is 0.200. The van der Waals surface area contributed by atoms with E-state index < -0.39 is 0 Å². The van der Waals surface area contributed by atoms with Gasteiger partial charge in [-0.2, -0.15) is 0 Å². The largest absolute Gasteiger partial charge is 0.488 e. The maximum absolute atomic E-state index is 12.2. The maximum Gasteiger partial charge on any atom is 0.230 e. The van der Waals surface area contributed by atoms with Crippen molar-refractivity contribution in [1.29, 1.82) is 0 Å². The molecule has 3 aromatic carbocycles. The van der Waals surface area contributed by atoms with Gasteiger partial charge in [0.25, 0.3) is 0 Å². The van der Waals surface area contributed by atoms with E-state index >= 15 is 0 Å². The highest BCUT2D eigenvalue weighted by Crippen LogP contribution is 2.34. The van der Waals surface area contributed by atoms with Gasteiger partial charge in [-0.1, -0.05) is 48.5 Å². The molecule has 5 heteroatoms. The van der Waals surface area contributed by atoms with Gasteiger partial charge in [0.2, 0.25) is 5.91 Å². The molecule has 30 heavy (non-hydrogen) atoms. The molecule has 0 saturated heterocycles. The number of benzene rings is 3. The van der Waals surface area contributed by atoms with E-state index in [1.807, 2.05) is 66.7 Å². The zero-order chi connectivity index (χ0) is 20.9. The molecular weight excluding hydrogens is 394 g/mol. The highest BCUT2D eigenvalue weighted by atomic mass is 32.2. The SMILES string of the molecule is CC(=O)c1ccccc1-c1ccc2c(c1)C[C@@H](CNC(=O)CSc1ccccc1)O2. The summed E-state index contributed by atoms with van der Waals surface area (Å²) in [6.07, 6.45) is 0.654. The summed E-state index contributed by atoms with van der Waals surface area (Å²) >= 11 is 1.52. The molecule has 1 aliphatic heterocycles. The fourth-order valence-corrected chi connectivity index (χ4v) is 4.34. The van der Waals surface area contributed by atoms with Crippen molar-refractivity contribution < 1.29 is 14.3 Å². The summed E-state index contributed by atoms with van der Waals surface area (Å²) in [4.78, 5) is 25.2. The lowest BCUT2D eigenvalue weighted by atomic mass is 9.95. The van der Waals surface area contributed by atoms with Crippen molar-refractivity contribution in [3.63, 3.8) is 0 Å². The summed E-state index contributed by atoms with van der Waals surface area (Å²) in [5, 5.41) is 2.97. The second-order valence-corrected chi connectivity index (χ2v) is 8.32. The molecule has 4 rings (SSSR count). The minimum absolute atomic E-state index is 0.000478. The molecule has 152 valence electrons. The smallest absolute Gasteiger partial charge is 0.230 e. The van der Waals surface area contributed by atoms with Crippen LogP contribution in [-0.2, 0) is 11.2 Å². The molecule has 0 unspecified atom stereocenters. The Morgan fingerprint density at radius 1 is 1.03 bits per heavy atom. The number of ether oxygens (including phenoxy) is 1. The summed E-state index contributed by atoms with van der Waals surface area (Å²) in [7, 11) is 0. The lowest BCUT2D eigenvalue weighted by Gasteiger charge is -2.12. The van der Waals surface area contributed by atoms with Gasteiger partial charge in [-0.05, 0) is 47.9 Å². The van der Waals surface area contributed by atoms with Gasteiger partial charge in [-0.25, -0.2) is 0 Å². The van der Waals surface area contributed by atoms with E-state index in [2.05, 4.69) is 11.4 Å². The standard InChI is InChI=1S/C25H23NO3S/c1-17(27)22-9-5-6-10-23(22)18-11-12-24-19(13-18)14-20(29-24)15-26-25(28)16-30-21-7-3-2-4-8-21/h2-13,20H,14-16H2,1H3,(H,26,28)/t20-/m0/s1. The highest BCUT2D eigenvalue weighted by Gasteiger charge is 2.24. The van der Waals surface area contributed by atoms with E-state index in [0.717, 1.165) is 39.3 Å². The van der Waals surface area contributed by atoms with Gasteiger partial charge in [0.1, 0.15) is 11.9 Å². The zero-order valence-corrected chi connectivity index (χ0v) is 17.6. The first-order valence-electron chi connectivity index (χ1n) is 9.94. The zero-order valence-electron chi connectivity index (χ0n) is 16.8. The molecule has 0 aliphatic carbocycles. The van der Waals surface area contributed by atoms with Crippen LogP contribution in [0.4, 0.5) is 0 Å². The van der Waals surface area contributed by atoms with Gasteiger partial charge in [-0.15, -0.1) is 11.8 Å². The third-order valence-corrected chi connectivity index (χ3v) is 6.07. The lowest BCUT2D eigenvalue weighted by molar-refractivity contribution is -0.118. The summed E-state index contributed by atoms with van der Waals surface area (Å²) in [5.41, 5.74) is 3.76. The molecule has 0 radical (unpaired) electrons. The number of fused-ring (bicyclic) bond motifs is 1. The average Bonchev–Trinajstić information content (AvgIpc) is 3.19. The number of nitrogens with one attached hydrogen (secondary N) is 1. The van der Waals surface area contributed by atoms with Gasteiger partial charge in [0, 0.05) is 16.9 Å². The van der Waals surface area contributed by atoms with Crippen LogP contribution < -0.4 is 10.1 Å². The number of hydrogen-bond donors (Lipinski definition) is 1. The van der Waals surface area contributed by atoms with Crippen LogP contribution in [0.15, 0.2) is 77.7 Å². The number of thioether (sulfide) groups is 1. The predicted octanol–water partition coefficient (Wildman–Crippen LogP) is 4.77. The number of ketones is 1. The van der Waals surface area contributed by atoms with E-state index in [0.29, 0.717) is 12.3 Å². The third kappa shape index (κ3) is 4.74. The number of Topliss-reactive ketones (excluding diaryl/α,β-unsaturated/α-hetero) is 1. The van der Waals surface area contributed by atoms with Crippen molar-refractivity contribution in [1.82, 2.24) is 5.32 Å². The minimum atomic E-state index is -0.0797. The van der Waals surface area contributed by atoms with E-state index in [1.165, 1.54) is 11.8 Å². The molecule has 1 N–H and O–H groups in total. The first kappa shape index (κ1) is 20.2. The Morgan fingerprint density at radius 3 is 2.60 bits per heavy atom. The Hall–Kier alpha value is -3.05. The first-order chi connectivity index (χ1) is 14.6. The van der Waals surface area contributed by atoms with Gasteiger partial charge < -0.3 is 10.1 Å². The summed E-state index contributed by atoms with van der Waals surface area (Å²) in [6.45, 7) is 2.06. The maximum atomic E-state index is 12.2. The minimum Gasteiger partial charge on any atom is -0.488 e. The molecule has 3 aromatic rings. The van der Waals surface area contributed by atoms with Gasteiger partial charge >= 0.3 is 0 Å². The van der Waals surface area contributed by atoms with Crippen molar-refractivity contribution >= 4 is 23.5 Å². The average molecular weight is 418 g/mol. The van der Waals surface area contributed by atoms with Crippen LogP contribution in [0.25, 0.3) is 11.1 Å². The second-order valence-electron chi connectivity index (χ2n) is 7.27. The van der Waals surface area contributed by atoms with E-state index in [4.69, 9.17) is 4.74 Å². The molecule has 1 amide bonds. The van der Waals surface area contributed by atoms with Gasteiger partial charge in [-0.3, -0.25) is 9.59 Å². The normalized spacial score (nSPS) is 14.6. The molecule has 1 atom stereocenters. The Bertz CT molecular complexity index is 1060. The molecule has 1 heterocycles. The Labute approximate surface area is 180 Å². The molecule has 4 nitrogen and oxygen atoms in total. The van der Waals surface area contributed by atoms with Crippen LogP contribution in [0.1, 0.15) is 22.8 Å². The van der Waals surface area contributed by atoms with E-state index in [9.17, 15) is 9.59 Å². The highest BCUT2D eigenvalue weighted by molar-refractivity contribution is 8.00. The predicted molar refractivity (Wildman–Crippen MR) is 120 cm³/mol.